The number of rotatable bonds is 5. The van der Waals surface area contributed by atoms with Crippen molar-refractivity contribution < 1.29 is 22.8 Å². The first-order valence-corrected chi connectivity index (χ1v) is 8.47. The summed E-state index contributed by atoms with van der Waals surface area (Å²) < 4.78 is 41.6. The van der Waals surface area contributed by atoms with Crippen LogP contribution < -0.4 is 10.6 Å². The second kappa shape index (κ2) is 8.13. The van der Waals surface area contributed by atoms with Crippen LogP contribution in [0.4, 0.5) is 24.5 Å². The van der Waals surface area contributed by atoms with E-state index in [2.05, 4.69) is 20.9 Å². The molecule has 0 saturated heterocycles. The second-order valence-corrected chi connectivity index (χ2v) is 6.27. The summed E-state index contributed by atoms with van der Waals surface area (Å²) in [6.45, 7) is 2.74. The number of carbonyl (C=O) groups excluding carboxylic acids is 2. The lowest BCUT2D eigenvalue weighted by Crippen LogP contribution is -2.21. The Kier molecular flexibility index (Phi) is 5.62. The molecule has 0 unspecified atom stereocenters. The van der Waals surface area contributed by atoms with Gasteiger partial charge < -0.3 is 10.6 Å². The summed E-state index contributed by atoms with van der Waals surface area (Å²) in [4.78, 5) is 24.5. The van der Waals surface area contributed by atoms with Crippen molar-refractivity contribution in [2.24, 2.45) is 0 Å². The predicted octanol–water partition coefficient (Wildman–Crippen LogP) is 3.20. The highest BCUT2D eigenvalue weighted by Crippen LogP contribution is 2.17. The Morgan fingerprint density at radius 2 is 1.76 bits per heavy atom. The Morgan fingerprint density at radius 3 is 2.48 bits per heavy atom. The van der Waals surface area contributed by atoms with Gasteiger partial charge in [0.25, 0.3) is 5.91 Å². The Bertz CT molecular complexity index is 1100. The number of amides is 2. The number of nitrogens with zero attached hydrogens (tertiary/aromatic N) is 3. The summed E-state index contributed by atoms with van der Waals surface area (Å²) in [5.41, 5.74) is 0.574. The molecule has 0 atom stereocenters. The zero-order valence-electron chi connectivity index (χ0n) is 15.5. The molecule has 0 saturated carbocycles. The van der Waals surface area contributed by atoms with Crippen molar-refractivity contribution in [2.75, 3.05) is 10.6 Å². The average Bonchev–Trinajstić information content (AvgIpc) is 3.02. The number of aryl methyl sites for hydroxylation is 1. The zero-order chi connectivity index (χ0) is 21.1. The number of hydrogen-bond acceptors (Lipinski definition) is 4. The van der Waals surface area contributed by atoms with Crippen molar-refractivity contribution in [3.8, 4) is 0 Å². The van der Waals surface area contributed by atoms with Crippen LogP contribution in [0.3, 0.4) is 0 Å². The number of halogens is 3. The van der Waals surface area contributed by atoms with Gasteiger partial charge in [-0.3, -0.25) is 9.59 Å². The van der Waals surface area contributed by atoms with Gasteiger partial charge in [-0.1, -0.05) is 11.3 Å². The molecule has 150 valence electrons. The largest absolute Gasteiger partial charge is 0.322 e. The average molecular weight is 403 g/mol. The molecule has 2 amide bonds. The Morgan fingerprint density at radius 1 is 1.00 bits per heavy atom. The third-order valence-electron chi connectivity index (χ3n) is 4.12. The molecule has 1 heterocycles. The van der Waals surface area contributed by atoms with Crippen LogP contribution in [0, 0.1) is 31.3 Å². The van der Waals surface area contributed by atoms with Crippen LogP contribution in [-0.4, -0.2) is 26.8 Å². The molecule has 0 aliphatic carbocycles. The molecule has 1 aromatic heterocycles. The maximum Gasteiger partial charge on any atom is 0.278 e. The molecular formula is C19H16F3N5O2. The number of nitrogens with one attached hydrogen (secondary N) is 2. The summed E-state index contributed by atoms with van der Waals surface area (Å²) in [6.07, 6.45) is 0. The summed E-state index contributed by atoms with van der Waals surface area (Å²) in [5, 5.41) is 12.2. The molecule has 0 radical (unpaired) electrons. The molecule has 7 nitrogen and oxygen atoms in total. The van der Waals surface area contributed by atoms with Crippen LogP contribution in [0.2, 0.25) is 0 Å². The summed E-state index contributed by atoms with van der Waals surface area (Å²) >= 11 is 0. The Labute approximate surface area is 163 Å². The Hall–Kier alpha value is -3.69. The second-order valence-electron chi connectivity index (χ2n) is 6.27. The first-order valence-electron chi connectivity index (χ1n) is 8.47. The van der Waals surface area contributed by atoms with Gasteiger partial charge in [0.05, 0.1) is 11.4 Å². The van der Waals surface area contributed by atoms with Gasteiger partial charge in [-0.15, -0.1) is 5.10 Å². The van der Waals surface area contributed by atoms with E-state index in [1.807, 2.05) is 0 Å². The van der Waals surface area contributed by atoms with Gasteiger partial charge >= 0.3 is 0 Å². The summed E-state index contributed by atoms with van der Waals surface area (Å²) in [5.74, 6) is -3.28. The zero-order valence-corrected chi connectivity index (χ0v) is 15.5. The summed E-state index contributed by atoms with van der Waals surface area (Å²) in [6, 6.07) is 6.90. The van der Waals surface area contributed by atoms with Gasteiger partial charge in [-0.2, -0.15) is 0 Å². The number of anilines is 2. The maximum absolute atomic E-state index is 13.6. The first kappa shape index (κ1) is 20.1. The quantitative estimate of drug-likeness (QED) is 0.685. The molecule has 0 bridgehead atoms. The highest BCUT2D eigenvalue weighted by molar-refractivity contribution is 6.03. The smallest absolute Gasteiger partial charge is 0.278 e. The highest BCUT2D eigenvalue weighted by atomic mass is 19.1. The van der Waals surface area contributed by atoms with Gasteiger partial charge in [0.2, 0.25) is 5.91 Å². The van der Waals surface area contributed by atoms with Crippen molar-refractivity contribution in [2.45, 2.75) is 20.4 Å². The molecule has 2 aromatic carbocycles. The standard InChI is InChI=1S/C19H16F3N5O2/c1-10-3-5-13(8-15(10)22)23-19(29)18-11(2)27(26-25-18)9-17(28)24-16-7-12(20)4-6-14(16)21/h3-8H,9H2,1-2H3,(H,23,29)(H,24,28). The first-order chi connectivity index (χ1) is 13.7. The number of aromatic nitrogens is 3. The van der Waals surface area contributed by atoms with E-state index in [4.69, 9.17) is 0 Å². The Balaban J connectivity index is 1.69. The van der Waals surface area contributed by atoms with Crippen molar-refractivity contribution in [3.05, 3.63) is 70.8 Å². The van der Waals surface area contributed by atoms with Gasteiger partial charge in [0.15, 0.2) is 5.69 Å². The fourth-order valence-electron chi connectivity index (χ4n) is 2.50. The van der Waals surface area contributed by atoms with E-state index < -0.39 is 29.3 Å². The molecule has 29 heavy (non-hydrogen) atoms. The fraction of sp³-hybridized carbons (Fsp3) is 0.158. The van der Waals surface area contributed by atoms with Crippen LogP contribution in [0.25, 0.3) is 0 Å². The monoisotopic (exact) mass is 403 g/mol. The molecule has 0 spiro atoms. The molecular weight excluding hydrogens is 387 g/mol. The third-order valence-corrected chi connectivity index (χ3v) is 4.12. The van der Waals surface area contributed by atoms with Crippen LogP contribution in [-0.2, 0) is 11.3 Å². The molecule has 0 fully saturated rings. The SMILES string of the molecule is Cc1ccc(NC(=O)c2nnn(CC(=O)Nc3cc(F)ccc3F)c2C)cc1F. The van der Waals surface area contributed by atoms with Crippen LogP contribution >= 0.6 is 0 Å². The maximum atomic E-state index is 13.6. The van der Waals surface area contributed by atoms with Crippen LogP contribution in [0.15, 0.2) is 36.4 Å². The topological polar surface area (TPSA) is 88.9 Å². The van der Waals surface area contributed by atoms with Crippen molar-refractivity contribution >= 4 is 23.2 Å². The van der Waals surface area contributed by atoms with E-state index >= 15 is 0 Å². The molecule has 3 aromatic rings. The molecule has 3 rings (SSSR count). The minimum atomic E-state index is -0.791. The number of hydrogen-bond donors (Lipinski definition) is 2. The minimum Gasteiger partial charge on any atom is -0.322 e. The number of benzene rings is 2. The molecule has 2 N–H and O–H groups in total. The van der Waals surface area contributed by atoms with Gasteiger partial charge in [-0.05, 0) is 43.7 Å². The molecule has 10 heteroatoms. The van der Waals surface area contributed by atoms with Crippen LogP contribution in [0.1, 0.15) is 21.7 Å². The lowest BCUT2D eigenvalue weighted by Gasteiger charge is -2.08. The van der Waals surface area contributed by atoms with E-state index in [9.17, 15) is 22.8 Å². The third kappa shape index (κ3) is 4.60. The molecule has 0 aliphatic rings. The van der Waals surface area contributed by atoms with E-state index in [-0.39, 0.29) is 29.3 Å². The van der Waals surface area contributed by atoms with Crippen molar-refractivity contribution in [3.63, 3.8) is 0 Å². The highest BCUT2D eigenvalue weighted by Gasteiger charge is 2.19. The van der Waals surface area contributed by atoms with E-state index in [1.165, 1.54) is 25.1 Å². The van der Waals surface area contributed by atoms with E-state index in [0.717, 1.165) is 22.9 Å². The van der Waals surface area contributed by atoms with Crippen molar-refractivity contribution in [1.29, 1.82) is 0 Å². The van der Waals surface area contributed by atoms with Gasteiger partial charge in [0, 0.05) is 11.8 Å². The summed E-state index contributed by atoms with van der Waals surface area (Å²) in [7, 11) is 0. The van der Waals surface area contributed by atoms with Gasteiger partial charge in [0.1, 0.15) is 24.0 Å². The fourth-order valence-corrected chi connectivity index (χ4v) is 2.50. The normalized spacial score (nSPS) is 10.7. The lowest BCUT2D eigenvalue weighted by molar-refractivity contribution is -0.117. The van der Waals surface area contributed by atoms with E-state index in [0.29, 0.717) is 5.56 Å². The number of carbonyl (C=O) groups is 2. The van der Waals surface area contributed by atoms with E-state index in [1.54, 1.807) is 6.92 Å². The van der Waals surface area contributed by atoms with Crippen molar-refractivity contribution in [1.82, 2.24) is 15.0 Å². The minimum absolute atomic E-state index is 0.0595. The van der Waals surface area contributed by atoms with Crippen LogP contribution in [0.5, 0.6) is 0 Å². The lowest BCUT2D eigenvalue weighted by atomic mass is 10.2. The predicted molar refractivity (Wildman–Crippen MR) is 98.8 cm³/mol. The van der Waals surface area contributed by atoms with Gasteiger partial charge in [-0.25, -0.2) is 17.9 Å². The molecule has 0 aliphatic heterocycles.